The van der Waals surface area contributed by atoms with Gasteiger partial charge in [-0.3, -0.25) is 4.79 Å². The van der Waals surface area contributed by atoms with Gasteiger partial charge in [0, 0.05) is 19.1 Å². The van der Waals surface area contributed by atoms with Crippen molar-refractivity contribution in [1.82, 2.24) is 10.2 Å². The van der Waals surface area contributed by atoms with Crippen molar-refractivity contribution in [3.8, 4) is 11.8 Å². The molecule has 0 aromatic rings. The molecule has 5 nitrogen and oxygen atoms in total. The van der Waals surface area contributed by atoms with Gasteiger partial charge in [0.2, 0.25) is 0 Å². The molecule has 0 aliphatic carbocycles. The number of rotatable bonds is 1. The Morgan fingerprint density at radius 1 is 1.26 bits per heavy atom. The Balaban J connectivity index is 2.38. The summed E-state index contributed by atoms with van der Waals surface area (Å²) in [6.45, 7) is 8.37. The van der Waals surface area contributed by atoms with Crippen molar-refractivity contribution >= 4 is 12.0 Å². The maximum atomic E-state index is 11.8. The van der Waals surface area contributed by atoms with Crippen molar-refractivity contribution in [1.29, 1.82) is 0 Å². The zero-order chi connectivity index (χ0) is 14.5. The van der Waals surface area contributed by atoms with Crippen LogP contribution < -0.4 is 5.32 Å². The van der Waals surface area contributed by atoms with E-state index in [1.54, 1.807) is 11.8 Å². The minimum absolute atomic E-state index is 0.0898. The van der Waals surface area contributed by atoms with Crippen molar-refractivity contribution in [2.45, 2.75) is 52.2 Å². The first-order chi connectivity index (χ1) is 8.81. The van der Waals surface area contributed by atoms with Crippen molar-refractivity contribution in [3.63, 3.8) is 0 Å². The van der Waals surface area contributed by atoms with Gasteiger partial charge in [0.25, 0.3) is 5.91 Å². The van der Waals surface area contributed by atoms with Gasteiger partial charge in [-0.05, 0) is 46.5 Å². The summed E-state index contributed by atoms with van der Waals surface area (Å²) in [7, 11) is 0. The van der Waals surface area contributed by atoms with Crippen LogP contribution in [0.15, 0.2) is 0 Å². The fourth-order valence-electron chi connectivity index (χ4n) is 1.87. The summed E-state index contributed by atoms with van der Waals surface area (Å²) in [4.78, 5) is 24.8. The molecule has 1 heterocycles. The molecule has 1 rings (SSSR count). The fraction of sp³-hybridized carbons (Fsp3) is 0.714. The second kappa shape index (κ2) is 6.46. The predicted octanol–water partition coefficient (Wildman–Crippen LogP) is 1.53. The van der Waals surface area contributed by atoms with Crippen LogP contribution in [0, 0.1) is 11.8 Å². The van der Waals surface area contributed by atoms with E-state index in [1.807, 2.05) is 20.8 Å². The van der Waals surface area contributed by atoms with E-state index in [4.69, 9.17) is 4.74 Å². The van der Waals surface area contributed by atoms with Crippen LogP contribution in [0.5, 0.6) is 0 Å². The summed E-state index contributed by atoms with van der Waals surface area (Å²) >= 11 is 0. The summed E-state index contributed by atoms with van der Waals surface area (Å²) in [5.41, 5.74) is -0.473. The third kappa shape index (κ3) is 5.64. The number of nitrogens with one attached hydrogen (secondary N) is 1. The summed E-state index contributed by atoms with van der Waals surface area (Å²) < 4.78 is 5.31. The van der Waals surface area contributed by atoms with Crippen LogP contribution in [0.25, 0.3) is 0 Å². The highest BCUT2D eigenvalue weighted by Crippen LogP contribution is 2.15. The second-order valence-corrected chi connectivity index (χ2v) is 5.59. The van der Waals surface area contributed by atoms with Gasteiger partial charge in [-0.15, -0.1) is 0 Å². The number of ether oxygens (including phenoxy) is 1. The molecule has 1 aliphatic heterocycles. The third-order valence-electron chi connectivity index (χ3n) is 2.72. The highest BCUT2D eigenvalue weighted by Gasteiger charge is 2.27. The maximum Gasteiger partial charge on any atom is 0.410 e. The zero-order valence-corrected chi connectivity index (χ0v) is 12.1. The Bertz CT molecular complexity index is 393. The van der Waals surface area contributed by atoms with Crippen LogP contribution in [0.1, 0.15) is 40.5 Å². The number of amides is 2. The molecule has 106 valence electrons. The van der Waals surface area contributed by atoms with Crippen molar-refractivity contribution < 1.29 is 14.3 Å². The van der Waals surface area contributed by atoms with Gasteiger partial charge in [-0.1, -0.05) is 5.92 Å². The molecule has 1 fully saturated rings. The van der Waals surface area contributed by atoms with Crippen LogP contribution >= 0.6 is 0 Å². The topological polar surface area (TPSA) is 58.6 Å². The molecule has 5 heteroatoms. The first kappa shape index (κ1) is 15.4. The molecule has 0 atom stereocenters. The first-order valence-corrected chi connectivity index (χ1v) is 6.53. The molecule has 0 aromatic heterocycles. The second-order valence-electron chi connectivity index (χ2n) is 5.59. The van der Waals surface area contributed by atoms with Crippen LogP contribution in [-0.2, 0) is 9.53 Å². The average molecular weight is 266 g/mol. The maximum absolute atomic E-state index is 11.8. The Labute approximate surface area is 114 Å². The lowest BCUT2D eigenvalue weighted by molar-refractivity contribution is -0.116. The van der Waals surface area contributed by atoms with E-state index >= 15 is 0 Å². The number of carbonyl (C=O) groups excluding carboxylic acids is 2. The number of likely N-dealkylation sites (tertiary alicyclic amines) is 1. The van der Waals surface area contributed by atoms with Crippen molar-refractivity contribution in [2.24, 2.45) is 0 Å². The minimum atomic E-state index is -0.473. The quantitative estimate of drug-likeness (QED) is 0.732. The van der Waals surface area contributed by atoms with Gasteiger partial charge in [-0.25, -0.2) is 4.79 Å². The summed E-state index contributed by atoms with van der Waals surface area (Å²) in [5.74, 6) is 4.76. The number of nitrogens with zero attached hydrogens (tertiary/aromatic N) is 1. The molecular weight excluding hydrogens is 244 g/mol. The lowest BCUT2D eigenvalue weighted by atomic mass is 10.1. The predicted molar refractivity (Wildman–Crippen MR) is 72.4 cm³/mol. The molecular formula is C14H22N2O3. The number of carbonyl (C=O) groups is 2. The molecule has 0 aromatic carbocycles. The van der Waals surface area contributed by atoms with Crippen LogP contribution in [-0.4, -0.2) is 41.6 Å². The number of piperidine rings is 1. The SMILES string of the molecule is CC#CC(=O)NC1CCN(C(=O)OC(C)(C)C)CC1. The van der Waals surface area contributed by atoms with E-state index in [9.17, 15) is 9.59 Å². The van der Waals surface area contributed by atoms with Crippen molar-refractivity contribution in [2.75, 3.05) is 13.1 Å². The van der Waals surface area contributed by atoms with E-state index < -0.39 is 5.60 Å². The van der Waals surface area contributed by atoms with E-state index in [0.29, 0.717) is 13.1 Å². The molecule has 0 spiro atoms. The Morgan fingerprint density at radius 3 is 2.32 bits per heavy atom. The minimum Gasteiger partial charge on any atom is -0.444 e. The van der Waals surface area contributed by atoms with Gasteiger partial charge >= 0.3 is 6.09 Å². The highest BCUT2D eigenvalue weighted by molar-refractivity contribution is 5.93. The van der Waals surface area contributed by atoms with E-state index in [2.05, 4.69) is 17.2 Å². The molecule has 2 amide bonds. The van der Waals surface area contributed by atoms with Crippen LogP contribution in [0.2, 0.25) is 0 Å². The zero-order valence-electron chi connectivity index (χ0n) is 12.1. The first-order valence-electron chi connectivity index (χ1n) is 6.53. The van der Waals surface area contributed by atoms with Gasteiger partial charge in [0.1, 0.15) is 5.60 Å². The van der Waals surface area contributed by atoms with Gasteiger partial charge in [0.05, 0.1) is 0 Å². The van der Waals surface area contributed by atoms with Gasteiger partial charge < -0.3 is 15.0 Å². The molecule has 0 unspecified atom stereocenters. The smallest absolute Gasteiger partial charge is 0.410 e. The van der Waals surface area contributed by atoms with Crippen LogP contribution in [0.4, 0.5) is 4.79 Å². The summed E-state index contributed by atoms with van der Waals surface area (Å²) in [6, 6.07) is 0.0898. The molecule has 0 saturated carbocycles. The van der Waals surface area contributed by atoms with E-state index in [-0.39, 0.29) is 18.0 Å². The standard InChI is InChI=1S/C14H22N2O3/c1-5-6-12(17)15-11-7-9-16(10-8-11)13(18)19-14(2,3)4/h11H,7-10H2,1-4H3,(H,15,17). The number of hydrogen-bond acceptors (Lipinski definition) is 3. The van der Waals surface area contributed by atoms with E-state index in [1.165, 1.54) is 0 Å². The van der Waals surface area contributed by atoms with Gasteiger partial charge in [0.15, 0.2) is 0 Å². The normalized spacial score (nSPS) is 16.3. The van der Waals surface area contributed by atoms with Crippen LogP contribution in [0.3, 0.4) is 0 Å². The molecule has 1 N–H and O–H groups in total. The summed E-state index contributed by atoms with van der Waals surface area (Å²) in [5, 5.41) is 2.84. The Morgan fingerprint density at radius 2 is 1.84 bits per heavy atom. The summed E-state index contributed by atoms with van der Waals surface area (Å²) in [6.07, 6.45) is 1.18. The van der Waals surface area contributed by atoms with Crippen molar-refractivity contribution in [3.05, 3.63) is 0 Å². The Kier molecular flexibility index (Phi) is 5.22. The number of hydrogen-bond donors (Lipinski definition) is 1. The fourth-order valence-corrected chi connectivity index (χ4v) is 1.87. The Hall–Kier alpha value is -1.70. The molecule has 1 saturated heterocycles. The monoisotopic (exact) mass is 266 g/mol. The van der Waals surface area contributed by atoms with Gasteiger partial charge in [-0.2, -0.15) is 0 Å². The molecule has 1 aliphatic rings. The molecule has 0 bridgehead atoms. The lowest BCUT2D eigenvalue weighted by Crippen LogP contribution is -2.47. The average Bonchev–Trinajstić information content (AvgIpc) is 2.27. The molecule has 19 heavy (non-hydrogen) atoms. The largest absolute Gasteiger partial charge is 0.444 e. The molecule has 0 radical (unpaired) electrons. The highest BCUT2D eigenvalue weighted by atomic mass is 16.6. The lowest BCUT2D eigenvalue weighted by Gasteiger charge is -2.33. The third-order valence-corrected chi connectivity index (χ3v) is 2.72. The van der Waals surface area contributed by atoms with E-state index in [0.717, 1.165) is 12.8 Å².